The van der Waals surface area contributed by atoms with Crippen LogP contribution in [-0.2, 0) is 4.74 Å². The lowest BCUT2D eigenvalue weighted by atomic mass is 9.92. The molecule has 2 saturated heterocycles. The predicted molar refractivity (Wildman–Crippen MR) is 163 cm³/mol. The van der Waals surface area contributed by atoms with Gasteiger partial charge in [-0.15, -0.1) is 0 Å². The van der Waals surface area contributed by atoms with Gasteiger partial charge in [0.2, 0.25) is 5.95 Å². The number of nitrogens with one attached hydrogen (secondary N) is 1. The Morgan fingerprint density at radius 3 is 2.42 bits per heavy atom. The van der Waals surface area contributed by atoms with Crippen molar-refractivity contribution in [3.8, 4) is 5.75 Å². The van der Waals surface area contributed by atoms with Crippen molar-refractivity contribution < 1.29 is 18.8 Å². The number of carbonyl (C=O) groups excluding carboxylic acids is 1. The van der Waals surface area contributed by atoms with E-state index < -0.39 is 11.7 Å². The van der Waals surface area contributed by atoms with Crippen LogP contribution in [0.3, 0.4) is 0 Å². The molecule has 12 nitrogen and oxygen atoms in total. The molecule has 3 aromatic heterocycles. The predicted octanol–water partition coefficient (Wildman–Crippen LogP) is 4.87. The van der Waals surface area contributed by atoms with Gasteiger partial charge in [0.1, 0.15) is 5.60 Å². The van der Waals surface area contributed by atoms with Crippen molar-refractivity contribution in [2.45, 2.75) is 90.9 Å². The Morgan fingerprint density at radius 1 is 1.07 bits per heavy atom. The van der Waals surface area contributed by atoms with Gasteiger partial charge in [0.15, 0.2) is 11.6 Å². The first-order chi connectivity index (χ1) is 20.4. The van der Waals surface area contributed by atoms with Gasteiger partial charge in [-0.05, 0) is 71.1 Å². The van der Waals surface area contributed by atoms with Crippen LogP contribution in [0.4, 0.5) is 16.8 Å². The molecule has 3 atom stereocenters. The largest absolute Gasteiger partial charge is 0.487 e. The topological polar surface area (TPSA) is 132 Å². The first-order valence-corrected chi connectivity index (χ1v) is 15.2. The third kappa shape index (κ3) is 7.71. The van der Waals surface area contributed by atoms with E-state index in [-0.39, 0.29) is 24.0 Å². The number of hydrogen-bond acceptors (Lipinski definition) is 11. The molecule has 5 rings (SSSR count). The van der Waals surface area contributed by atoms with Gasteiger partial charge in [-0.1, -0.05) is 19.0 Å². The number of carbonyl (C=O) groups is 1. The lowest BCUT2D eigenvalue weighted by Crippen LogP contribution is -2.43. The number of nitrogens with zero attached hydrogens (tertiary/aromatic N) is 7. The number of aromatic nitrogens is 5. The molecule has 2 aliphatic heterocycles. The Labute approximate surface area is 253 Å². The van der Waals surface area contributed by atoms with Crippen LogP contribution in [0.5, 0.6) is 5.75 Å². The number of rotatable bonds is 8. The van der Waals surface area contributed by atoms with Crippen LogP contribution < -0.4 is 19.9 Å². The van der Waals surface area contributed by atoms with Crippen LogP contribution in [0.1, 0.15) is 83.3 Å². The number of piperidine rings is 1. The molecule has 0 spiro atoms. The van der Waals surface area contributed by atoms with E-state index in [0.29, 0.717) is 36.7 Å². The maximum absolute atomic E-state index is 12.7. The molecule has 0 saturated carbocycles. The SMILES string of the molecule is Cc1ccnc([C@H]2CN(c3ncc(O[C@@H](C)C4CCN(c5nc(C(C)C)no5)CC4)cn3)C[C@@H]2NC(=O)OC(C)(C)C)c1. The molecular formula is C31H44N8O4. The van der Waals surface area contributed by atoms with Crippen LogP contribution in [0, 0.1) is 12.8 Å². The van der Waals surface area contributed by atoms with Gasteiger partial charge < -0.3 is 29.1 Å². The number of aryl methyl sites for hydroxylation is 1. The minimum atomic E-state index is -0.585. The second kappa shape index (κ2) is 12.7. The Bertz CT molecular complexity index is 1360. The average molecular weight is 593 g/mol. The molecule has 5 heterocycles. The highest BCUT2D eigenvalue weighted by molar-refractivity contribution is 5.68. The fraction of sp³-hybridized carbons (Fsp3) is 0.613. The maximum Gasteiger partial charge on any atom is 0.407 e. The highest BCUT2D eigenvalue weighted by Gasteiger charge is 2.38. The average Bonchev–Trinajstić information content (AvgIpc) is 3.61. The van der Waals surface area contributed by atoms with Gasteiger partial charge in [-0.2, -0.15) is 4.98 Å². The molecule has 3 aromatic rings. The van der Waals surface area contributed by atoms with E-state index in [1.165, 1.54) is 0 Å². The summed E-state index contributed by atoms with van der Waals surface area (Å²) in [6.45, 7) is 16.7. The Kier molecular flexibility index (Phi) is 9.03. The molecule has 1 amide bonds. The Balaban J connectivity index is 1.18. The zero-order chi connectivity index (χ0) is 30.7. The highest BCUT2D eigenvalue weighted by atomic mass is 16.6. The minimum Gasteiger partial charge on any atom is -0.487 e. The summed E-state index contributed by atoms with van der Waals surface area (Å²) >= 11 is 0. The van der Waals surface area contributed by atoms with Gasteiger partial charge in [0.05, 0.1) is 24.5 Å². The van der Waals surface area contributed by atoms with Crippen molar-refractivity contribution in [1.29, 1.82) is 0 Å². The lowest BCUT2D eigenvalue weighted by molar-refractivity contribution is 0.0504. The minimum absolute atomic E-state index is 0.0106. The quantitative estimate of drug-likeness (QED) is 0.384. The van der Waals surface area contributed by atoms with Crippen LogP contribution in [0.2, 0.25) is 0 Å². The summed E-state index contributed by atoms with van der Waals surface area (Å²) in [7, 11) is 0. The zero-order valence-corrected chi connectivity index (χ0v) is 26.3. The van der Waals surface area contributed by atoms with Crippen molar-refractivity contribution >= 4 is 18.1 Å². The molecule has 232 valence electrons. The van der Waals surface area contributed by atoms with Crippen molar-refractivity contribution in [3.63, 3.8) is 0 Å². The normalized spacial score (nSPS) is 20.4. The van der Waals surface area contributed by atoms with E-state index in [1.807, 2.05) is 33.8 Å². The molecule has 0 aliphatic carbocycles. The molecule has 0 aromatic carbocycles. The summed E-state index contributed by atoms with van der Waals surface area (Å²) in [5.74, 6) is 2.55. The number of hydrogen-bond donors (Lipinski definition) is 1. The monoisotopic (exact) mass is 592 g/mol. The number of amides is 1. The van der Waals surface area contributed by atoms with E-state index in [4.69, 9.17) is 14.0 Å². The van der Waals surface area contributed by atoms with E-state index in [1.54, 1.807) is 18.6 Å². The Morgan fingerprint density at radius 2 is 1.79 bits per heavy atom. The summed E-state index contributed by atoms with van der Waals surface area (Å²) in [6.07, 6.45) is 6.76. The van der Waals surface area contributed by atoms with Crippen LogP contribution in [0.25, 0.3) is 0 Å². The lowest BCUT2D eigenvalue weighted by Gasteiger charge is -2.33. The molecule has 2 fully saturated rings. The fourth-order valence-electron chi connectivity index (χ4n) is 5.63. The fourth-order valence-corrected chi connectivity index (χ4v) is 5.63. The van der Waals surface area contributed by atoms with E-state index >= 15 is 0 Å². The summed E-state index contributed by atoms with van der Waals surface area (Å²) in [4.78, 5) is 35.3. The molecular weight excluding hydrogens is 548 g/mol. The Hall–Kier alpha value is -3.96. The highest BCUT2D eigenvalue weighted by Crippen LogP contribution is 2.31. The number of anilines is 2. The van der Waals surface area contributed by atoms with Gasteiger partial charge in [0.25, 0.3) is 0 Å². The van der Waals surface area contributed by atoms with Crippen molar-refractivity contribution in [3.05, 3.63) is 47.8 Å². The molecule has 2 aliphatic rings. The summed E-state index contributed by atoms with van der Waals surface area (Å²) in [5, 5.41) is 7.15. The maximum atomic E-state index is 12.7. The summed E-state index contributed by atoms with van der Waals surface area (Å²) < 4.78 is 17.3. The number of pyridine rings is 1. The van der Waals surface area contributed by atoms with Crippen LogP contribution in [-0.4, -0.2) is 75.1 Å². The van der Waals surface area contributed by atoms with Gasteiger partial charge in [0, 0.05) is 49.9 Å². The van der Waals surface area contributed by atoms with Gasteiger partial charge in [-0.3, -0.25) is 4.98 Å². The first-order valence-electron chi connectivity index (χ1n) is 15.2. The third-order valence-corrected chi connectivity index (χ3v) is 7.98. The number of alkyl carbamates (subject to hydrolysis) is 1. The smallest absolute Gasteiger partial charge is 0.407 e. The van der Waals surface area contributed by atoms with Crippen molar-refractivity contribution in [1.82, 2.24) is 30.4 Å². The van der Waals surface area contributed by atoms with Crippen molar-refractivity contribution in [2.24, 2.45) is 5.92 Å². The van der Waals surface area contributed by atoms with Gasteiger partial charge in [-0.25, -0.2) is 14.8 Å². The molecule has 1 N–H and O–H groups in total. The molecule has 0 bridgehead atoms. The molecule has 12 heteroatoms. The second-order valence-corrected chi connectivity index (χ2v) is 13.0. The van der Waals surface area contributed by atoms with E-state index in [2.05, 4.69) is 67.0 Å². The van der Waals surface area contributed by atoms with E-state index in [9.17, 15) is 4.79 Å². The third-order valence-electron chi connectivity index (χ3n) is 7.98. The zero-order valence-electron chi connectivity index (χ0n) is 26.3. The second-order valence-electron chi connectivity index (χ2n) is 13.0. The van der Waals surface area contributed by atoms with Crippen LogP contribution in [0.15, 0.2) is 35.2 Å². The summed E-state index contributed by atoms with van der Waals surface area (Å²) in [6, 6.07) is 4.42. The van der Waals surface area contributed by atoms with E-state index in [0.717, 1.165) is 43.0 Å². The summed E-state index contributed by atoms with van der Waals surface area (Å²) in [5.41, 5.74) is 1.45. The number of ether oxygens (including phenoxy) is 2. The first kappa shape index (κ1) is 30.5. The molecule has 43 heavy (non-hydrogen) atoms. The van der Waals surface area contributed by atoms with Crippen molar-refractivity contribution in [2.75, 3.05) is 36.0 Å². The van der Waals surface area contributed by atoms with Gasteiger partial charge >= 0.3 is 12.1 Å². The standard InChI is InChI=1S/C31H44N8O4/c1-19(2)27-36-29(43-37-27)38-12-9-22(10-13-38)21(4)41-23-15-33-28(34-16-23)39-17-24(25-14-20(3)8-11-32-25)26(18-39)35-30(40)42-31(5,6)7/h8,11,14-16,19,21-22,24,26H,9-10,12-13,17-18H2,1-7H3,(H,35,40)/t21-,24+,26-/m0/s1. The molecule has 0 unspecified atom stereocenters. The van der Waals surface area contributed by atoms with Crippen LogP contribution >= 0.6 is 0 Å². The molecule has 0 radical (unpaired) electrons.